The Kier molecular flexibility index (Phi) is 5.61. The van der Waals surface area contributed by atoms with Crippen molar-refractivity contribution in [2.45, 2.75) is 63.8 Å². The number of nitrogens with one attached hydrogen (secondary N) is 1. The van der Waals surface area contributed by atoms with E-state index >= 15 is 0 Å². The van der Waals surface area contributed by atoms with Crippen LogP contribution in [0.25, 0.3) is 0 Å². The van der Waals surface area contributed by atoms with Crippen molar-refractivity contribution in [3.63, 3.8) is 0 Å². The standard InChI is InChI=1S/C18H29N3O4/c1-2-25-15(22)14-8-7-11-20(12-14)13-21-16(23)18(19-17(21)24)9-5-3-4-6-10-18/h14H,2-13H2,1H3,(H,19,24)/t14-/m1/s1. The first kappa shape index (κ1) is 18.2. The summed E-state index contributed by atoms with van der Waals surface area (Å²) in [7, 11) is 0. The van der Waals surface area contributed by atoms with Crippen LogP contribution in [-0.4, -0.2) is 59.6 Å². The van der Waals surface area contributed by atoms with Crippen molar-refractivity contribution in [2.24, 2.45) is 5.92 Å². The highest BCUT2D eigenvalue weighted by atomic mass is 16.5. The lowest BCUT2D eigenvalue weighted by atomic mass is 9.90. The van der Waals surface area contributed by atoms with Crippen molar-refractivity contribution in [1.29, 1.82) is 0 Å². The first-order chi connectivity index (χ1) is 12.1. The fourth-order valence-electron chi connectivity index (χ4n) is 4.31. The Labute approximate surface area is 149 Å². The van der Waals surface area contributed by atoms with Crippen molar-refractivity contribution in [1.82, 2.24) is 15.1 Å². The van der Waals surface area contributed by atoms with Gasteiger partial charge in [-0.15, -0.1) is 0 Å². The Balaban J connectivity index is 1.63. The Morgan fingerprint density at radius 3 is 2.60 bits per heavy atom. The molecule has 1 N–H and O–H groups in total. The molecule has 0 aromatic rings. The molecule has 3 amide bonds. The maximum absolute atomic E-state index is 13.0. The molecule has 0 aromatic heterocycles. The van der Waals surface area contributed by atoms with Gasteiger partial charge in [-0.25, -0.2) is 9.69 Å². The van der Waals surface area contributed by atoms with Crippen molar-refractivity contribution in [3.05, 3.63) is 0 Å². The molecule has 3 aliphatic rings. The summed E-state index contributed by atoms with van der Waals surface area (Å²) < 4.78 is 5.12. The van der Waals surface area contributed by atoms with E-state index in [1.54, 1.807) is 6.92 Å². The van der Waals surface area contributed by atoms with E-state index in [0.717, 1.165) is 57.9 Å². The number of imide groups is 1. The SMILES string of the molecule is CCOC(=O)[C@@H]1CCCN(CN2C(=O)NC3(CCCCCC3)C2=O)C1. The van der Waals surface area contributed by atoms with E-state index in [4.69, 9.17) is 4.74 Å². The quantitative estimate of drug-likeness (QED) is 0.618. The third-order valence-electron chi connectivity index (χ3n) is 5.67. The van der Waals surface area contributed by atoms with Gasteiger partial charge in [-0.1, -0.05) is 25.7 Å². The van der Waals surface area contributed by atoms with Crippen molar-refractivity contribution in [2.75, 3.05) is 26.4 Å². The molecule has 0 aromatic carbocycles. The molecule has 2 aliphatic heterocycles. The molecular weight excluding hydrogens is 322 g/mol. The van der Waals surface area contributed by atoms with E-state index in [2.05, 4.69) is 5.32 Å². The zero-order valence-electron chi connectivity index (χ0n) is 15.1. The Hall–Kier alpha value is -1.63. The van der Waals surface area contributed by atoms with Gasteiger partial charge in [0.1, 0.15) is 5.54 Å². The molecule has 0 radical (unpaired) electrons. The molecule has 25 heavy (non-hydrogen) atoms. The number of amides is 3. The Bertz CT molecular complexity index is 528. The number of ether oxygens (including phenoxy) is 1. The van der Waals surface area contributed by atoms with Crippen LogP contribution in [0.5, 0.6) is 0 Å². The lowest BCUT2D eigenvalue weighted by Crippen LogP contribution is -2.49. The summed E-state index contributed by atoms with van der Waals surface area (Å²) in [5.74, 6) is -0.427. The van der Waals surface area contributed by atoms with Crippen molar-refractivity contribution in [3.8, 4) is 0 Å². The van der Waals surface area contributed by atoms with Gasteiger partial charge in [0.05, 0.1) is 19.2 Å². The summed E-state index contributed by atoms with van der Waals surface area (Å²) >= 11 is 0. The monoisotopic (exact) mass is 351 g/mol. The van der Waals surface area contributed by atoms with E-state index in [-0.39, 0.29) is 30.5 Å². The van der Waals surface area contributed by atoms with Crippen LogP contribution in [0.2, 0.25) is 0 Å². The van der Waals surface area contributed by atoms with Crippen LogP contribution < -0.4 is 5.32 Å². The van der Waals surface area contributed by atoms with Crippen molar-refractivity contribution >= 4 is 17.9 Å². The number of esters is 1. The fourth-order valence-corrected chi connectivity index (χ4v) is 4.31. The number of likely N-dealkylation sites (tertiary alicyclic amines) is 1. The van der Waals surface area contributed by atoms with Gasteiger partial charge in [0, 0.05) is 6.54 Å². The number of nitrogens with zero attached hydrogens (tertiary/aromatic N) is 2. The molecule has 1 saturated carbocycles. The molecule has 0 bridgehead atoms. The molecule has 140 valence electrons. The molecule has 3 fully saturated rings. The van der Waals surface area contributed by atoms with Gasteiger partial charge in [-0.3, -0.25) is 14.5 Å². The fraction of sp³-hybridized carbons (Fsp3) is 0.833. The molecule has 1 atom stereocenters. The maximum Gasteiger partial charge on any atom is 0.326 e. The third-order valence-corrected chi connectivity index (χ3v) is 5.67. The van der Waals surface area contributed by atoms with Gasteiger partial charge in [0.2, 0.25) is 0 Å². The second-order valence-electron chi connectivity index (χ2n) is 7.47. The highest BCUT2D eigenvalue weighted by molar-refractivity contribution is 6.07. The van der Waals surface area contributed by atoms with Crippen LogP contribution in [0.15, 0.2) is 0 Å². The number of piperidine rings is 1. The van der Waals surface area contributed by atoms with Crippen LogP contribution in [-0.2, 0) is 14.3 Å². The second-order valence-corrected chi connectivity index (χ2v) is 7.47. The minimum atomic E-state index is -0.691. The van der Waals surface area contributed by atoms with Crippen LogP contribution >= 0.6 is 0 Å². The normalized spacial score (nSPS) is 27.2. The summed E-state index contributed by atoms with van der Waals surface area (Å²) in [6.07, 6.45) is 7.36. The number of hydrogen-bond donors (Lipinski definition) is 1. The predicted molar refractivity (Wildman–Crippen MR) is 91.6 cm³/mol. The molecule has 1 aliphatic carbocycles. The number of carbonyl (C=O) groups excluding carboxylic acids is 3. The predicted octanol–water partition coefficient (Wildman–Crippen LogP) is 1.86. The maximum atomic E-state index is 13.0. The minimum Gasteiger partial charge on any atom is -0.466 e. The van der Waals surface area contributed by atoms with Gasteiger partial charge in [-0.2, -0.15) is 0 Å². The highest BCUT2D eigenvalue weighted by Gasteiger charge is 2.51. The molecule has 0 unspecified atom stereocenters. The topological polar surface area (TPSA) is 79.0 Å². The van der Waals surface area contributed by atoms with E-state index in [9.17, 15) is 14.4 Å². The summed E-state index contributed by atoms with van der Waals surface area (Å²) in [5.41, 5.74) is -0.691. The van der Waals surface area contributed by atoms with Crippen LogP contribution in [0.3, 0.4) is 0 Å². The van der Waals surface area contributed by atoms with E-state index < -0.39 is 5.54 Å². The minimum absolute atomic E-state index is 0.0855. The molecule has 7 heteroatoms. The van der Waals surface area contributed by atoms with Gasteiger partial charge in [-0.05, 0) is 39.2 Å². The summed E-state index contributed by atoms with van der Waals surface area (Å²) in [6, 6.07) is -0.287. The highest BCUT2D eigenvalue weighted by Crippen LogP contribution is 2.33. The molecule has 3 rings (SSSR count). The zero-order chi connectivity index (χ0) is 17.9. The van der Waals surface area contributed by atoms with Crippen LogP contribution in [0.1, 0.15) is 58.3 Å². The van der Waals surface area contributed by atoms with Gasteiger partial charge < -0.3 is 10.1 Å². The number of carbonyl (C=O) groups is 3. The number of hydrogen-bond acceptors (Lipinski definition) is 5. The van der Waals surface area contributed by atoms with Crippen LogP contribution in [0.4, 0.5) is 4.79 Å². The second kappa shape index (κ2) is 7.72. The van der Waals surface area contributed by atoms with Crippen molar-refractivity contribution < 1.29 is 19.1 Å². The molecule has 2 heterocycles. The zero-order valence-corrected chi connectivity index (χ0v) is 15.1. The van der Waals surface area contributed by atoms with E-state index in [1.807, 2.05) is 4.90 Å². The first-order valence-electron chi connectivity index (χ1n) is 9.59. The largest absolute Gasteiger partial charge is 0.466 e. The lowest BCUT2D eigenvalue weighted by molar-refractivity contribution is -0.150. The van der Waals surface area contributed by atoms with Gasteiger partial charge in [0.25, 0.3) is 5.91 Å². The molecule has 1 spiro atoms. The molecule has 7 nitrogen and oxygen atoms in total. The number of rotatable bonds is 4. The first-order valence-corrected chi connectivity index (χ1v) is 9.59. The average molecular weight is 351 g/mol. The number of urea groups is 1. The van der Waals surface area contributed by atoms with Gasteiger partial charge in [0.15, 0.2) is 0 Å². The third kappa shape index (κ3) is 3.81. The van der Waals surface area contributed by atoms with E-state index in [0.29, 0.717) is 13.2 Å². The Morgan fingerprint density at radius 1 is 1.20 bits per heavy atom. The smallest absolute Gasteiger partial charge is 0.326 e. The summed E-state index contributed by atoms with van der Waals surface area (Å²) in [4.78, 5) is 40.8. The average Bonchev–Trinajstić information content (AvgIpc) is 2.77. The van der Waals surface area contributed by atoms with Gasteiger partial charge >= 0.3 is 12.0 Å². The lowest BCUT2D eigenvalue weighted by Gasteiger charge is -2.33. The van der Waals surface area contributed by atoms with E-state index in [1.165, 1.54) is 4.90 Å². The summed E-state index contributed by atoms with van der Waals surface area (Å²) in [5, 5.41) is 2.97. The summed E-state index contributed by atoms with van der Waals surface area (Å²) in [6.45, 7) is 3.79. The molecule has 2 saturated heterocycles. The van der Waals surface area contributed by atoms with Crippen LogP contribution in [0, 0.1) is 5.92 Å². The molecular formula is C18H29N3O4. The Morgan fingerprint density at radius 2 is 1.92 bits per heavy atom.